The molecule has 1 aromatic heterocycles. The SMILES string of the molecule is CN1CC[C@H](COCc2ccncc2)CC12CN(C(=O)C1(F)CCC1)C2. The van der Waals surface area contributed by atoms with Crippen molar-refractivity contribution in [1.29, 1.82) is 0 Å². The van der Waals surface area contributed by atoms with Crippen LogP contribution in [0.2, 0.25) is 0 Å². The maximum absolute atomic E-state index is 14.4. The fraction of sp³-hybridized carbons (Fsp3) is 0.700. The summed E-state index contributed by atoms with van der Waals surface area (Å²) >= 11 is 0. The summed E-state index contributed by atoms with van der Waals surface area (Å²) in [6.07, 6.45) is 7.32. The van der Waals surface area contributed by atoms with E-state index < -0.39 is 5.67 Å². The number of pyridine rings is 1. The fourth-order valence-corrected chi connectivity index (χ4v) is 4.54. The van der Waals surface area contributed by atoms with E-state index in [2.05, 4.69) is 16.9 Å². The summed E-state index contributed by atoms with van der Waals surface area (Å²) in [6.45, 7) is 3.67. The molecule has 142 valence electrons. The Kier molecular flexibility index (Phi) is 4.73. The molecule has 1 aromatic rings. The molecule has 1 spiro atoms. The molecule has 6 heteroatoms. The minimum absolute atomic E-state index is 0.0126. The highest BCUT2D eigenvalue weighted by Gasteiger charge is 2.56. The number of hydrogen-bond donors (Lipinski definition) is 0. The lowest BCUT2D eigenvalue weighted by atomic mass is 9.73. The molecule has 5 nitrogen and oxygen atoms in total. The first-order chi connectivity index (χ1) is 12.5. The van der Waals surface area contributed by atoms with Crippen LogP contribution in [0.1, 0.15) is 37.7 Å². The molecule has 0 aromatic carbocycles. The molecule has 0 unspecified atom stereocenters. The van der Waals surface area contributed by atoms with Crippen molar-refractivity contribution in [1.82, 2.24) is 14.8 Å². The Hall–Kier alpha value is -1.53. The van der Waals surface area contributed by atoms with Gasteiger partial charge in [-0.15, -0.1) is 0 Å². The monoisotopic (exact) mass is 361 g/mol. The third-order valence-corrected chi connectivity index (χ3v) is 6.51. The second-order valence-corrected chi connectivity index (χ2v) is 8.36. The molecule has 2 saturated heterocycles. The number of aromatic nitrogens is 1. The molecule has 3 heterocycles. The molecule has 1 atom stereocenters. The van der Waals surface area contributed by atoms with Gasteiger partial charge < -0.3 is 9.64 Å². The number of ether oxygens (including phenoxy) is 1. The van der Waals surface area contributed by atoms with Gasteiger partial charge in [0.05, 0.1) is 12.1 Å². The van der Waals surface area contributed by atoms with E-state index in [1.807, 2.05) is 12.1 Å². The van der Waals surface area contributed by atoms with Crippen LogP contribution >= 0.6 is 0 Å². The van der Waals surface area contributed by atoms with Gasteiger partial charge in [0.1, 0.15) is 0 Å². The van der Waals surface area contributed by atoms with E-state index in [4.69, 9.17) is 4.74 Å². The molecule has 3 fully saturated rings. The van der Waals surface area contributed by atoms with Gasteiger partial charge in [-0.05, 0) is 69.3 Å². The third kappa shape index (κ3) is 3.25. The summed E-state index contributed by atoms with van der Waals surface area (Å²) in [4.78, 5) is 20.5. The molecular weight excluding hydrogens is 333 g/mol. The van der Waals surface area contributed by atoms with Gasteiger partial charge in [0, 0.05) is 32.1 Å². The van der Waals surface area contributed by atoms with E-state index in [-0.39, 0.29) is 11.4 Å². The van der Waals surface area contributed by atoms with Crippen LogP contribution < -0.4 is 0 Å². The van der Waals surface area contributed by atoms with Crippen LogP contribution in [0.3, 0.4) is 0 Å². The average molecular weight is 361 g/mol. The fourth-order valence-electron chi connectivity index (χ4n) is 4.54. The van der Waals surface area contributed by atoms with Crippen LogP contribution in [0, 0.1) is 5.92 Å². The molecule has 4 rings (SSSR count). The van der Waals surface area contributed by atoms with Crippen molar-refractivity contribution in [2.75, 3.05) is 33.3 Å². The second-order valence-electron chi connectivity index (χ2n) is 8.36. The van der Waals surface area contributed by atoms with Crippen LogP contribution in [-0.4, -0.2) is 65.2 Å². The number of alkyl halides is 1. The predicted octanol–water partition coefficient (Wildman–Crippen LogP) is 2.41. The number of piperidine rings is 1. The van der Waals surface area contributed by atoms with E-state index in [0.29, 0.717) is 38.5 Å². The van der Waals surface area contributed by atoms with Crippen molar-refractivity contribution in [2.45, 2.75) is 49.9 Å². The molecule has 26 heavy (non-hydrogen) atoms. The number of hydrogen-bond acceptors (Lipinski definition) is 4. The number of likely N-dealkylation sites (N-methyl/N-ethyl adjacent to an activating group) is 1. The van der Waals surface area contributed by atoms with E-state index in [1.54, 1.807) is 17.3 Å². The van der Waals surface area contributed by atoms with E-state index in [0.717, 1.165) is 38.0 Å². The Morgan fingerprint density at radius 2 is 2.08 bits per heavy atom. The Morgan fingerprint density at radius 3 is 2.73 bits per heavy atom. The quantitative estimate of drug-likeness (QED) is 0.808. The van der Waals surface area contributed by atoms with E-state index in [9.17, 15) is 9.18 Å². The Balaban J connectivity index is 1.28. The maximum atomic E-state index is 14.4. The highest BCUT2D eigenvalue weighted by Crippen LogP contribution is 2.43. The van der Waals surface area contributed by atoms with Crippen molar-refractivity contribution in [3.63, 3.8) is 0 Å². The Labute approximate surface area is 154 Å². The summed E-state index contributed by atoms with van der Waals surface area (Å²) in [5.41, 5.74) is -0.419. The Morgan fingerprint density at radius 1 is 1.35 bits per heavy atom. The lowest BCUT2D eigenvalue weighted by Crippen LogP contribution is -2.74. The highest BCUT2D eigenvalue weighted by molar-refractivity contribution is 5.87. The summed E-state index contributed by atoms with van der Waals surface area (Å²) in [7, 11) is 2.13. The maximum Gasteiger partial charge on any atom is 0.260 e. The van der Waals surface area contributed by atoms with Crippen molar-refractivity contribution in [3.8, 4) is 0 Å². The number of carbonyl (C=O) groups excluding carboxylic acids is 1. The highest BCUT2D eigenvalue weighted by atomic mass is 19.1. The van der Waals surface area contributed by atoms with E-state index in [1.165, 1.54) is 0 Å². The first kappa shape index (κ1) is 17.9. The average Bonchev–Trinajstić information content (AvgIpc) is 2.59. The minimum atomic E-state index is -1.57. The summed E-state index contributed by atoms with van der Waals surface area (Å²) < 4.78 is 20.3. The minimum Gasteiger partial charge on any atom is -0.376 e. The summed E-state index contributed by atoms with van der Waals surface area (Å²) in [5, 5.41) is 0. The van der Waals surface area contributed by atoms with Gasteiger partial charge in [-0.2, -0.15) is 0 Å². The number of likely N-dealkylation sites (tertiary alicyclic amines) is 2. The lowest BCUT2D eigenvalue weighted by molar-refractivity contribution is -0.169. The topological polar surface area (TPSA) is 45.7 Å². The normalized spacial score (nSPS) is 27.0. The van der Waals surface area contributed by atoms with Crippen molar-refractivity contribution < 1.29 is 13.9 Å². The van der Waals surface area contributed by atoms with Gasteiger partial charge in [0.15, 0.2) is 5.67 Å². The zero-order valence-electron chi connectivity index (χ0n) is 15.5. The number of amides is 1. The molecule has 1 amide bonds. The molecule has 3 aliphatic rings. The smallest absolute Gasteiger partial charge is 0.260 e. The van der Waals surface area contributed by atoms with Gasteiger partial charge in [-0.1, -0.05) is 0 Å². The van der Waals surface area contributed by atoms with Crippen molar-refractivity contribution in [3.05, 3.63) is 30.1 Å². The third-order valence-electron chi connectivity index (χ3n) is 6.51. The van der Waals surface area contributed by atoms with Gasteiger partial charge in [0.2, 0.25) is 0 Å². The van der Waals surface area contributed by atoms with Gasteiger partial charge in [-0.25, -0.2) is 4.39 Å². The molecule has 1 saturated carbocycles. The zero-order valence-corrected chi connectivity index (χ0v) is 15.5. The van der Waals surface area contributed by atoms with Gasteiger partial charge >= 0.3 is 0 Å². The first-order valence-corrected chi connectivity index (χ1v) is 9.67. The molecule has 0 N–H and O–H groups in total. The number of rotatable bonds is 5. The number of carbonyl (C=O) groups is 1. The number of nitrogens with zero attached hydrogens (tertiary/aromatic N) is 3. The first-order valence-electron chi connectivity index (χ1n) is 9.67. The molecule has 0 bridgehead atoms. The zero-order chi connectivity index (χ0) is 18.2. The van der Waals surface area contributed by atoms with Crippen LogP contribution in [0.5, 0.6) is 0 Å². The van der Waals surface area contributed by atoms with E-state index >= 15 is 0 Å². The molecule has 1 aliphatic carbocycles. The van der Waals surface area contributed by atoms with Gasteiger partial charge in [-0.3, -0.25) is 14.7 Å². The summed E-state index contributed by atoms with van der Waals surface area (Å²) in [5.74, 6) is 0.215. The second kappa shape index (κ2) is 6.89. The van der Waals surface area contributed by atoms with Crippen LogP contribution in [0.4, 0.5) is 4.39 Å². The summed E-state index contributed by atoms with van der Waals surface area (Å²) in [6, 6.07) is 3.94. The molecule has 0 radical (unpaired) electrons. The number of halogens is 1. The van der Waals surface area contributed by atoms with Crippen LogP contribution in [-0.2, 0) is 16.1 Å². The van der Waals surface area contributed by atoms with Gasteiger partial charge in [0.25, 0.3) is 5.91 Å². The molecular formula is C20H28FN3O2. The predicted molar refractivity (Wildman–Crippen MR) is 96.2 cm³/mol. The Bertz CT molecular complexity index is 644. The standard InChI is InChI=1S/C20H28FN3O2/c1-23-10-5-17(13-26-12-16-3-8-22-9-4-16)11-19(23)14-24(15-19)18(25)20(21)6-2-7-20/h3-4,8-9,17H,2,5-7,10-15H2,1H3/t17-/m0/s1. The van der Waals surface area contributed by atoms with Crippen molar-refractivity contribution >= 4 is 5.91 Å². The molecule has 2 aliphatic heterocycles. The van der Waals surface area contributed by atoms with Crippen LogP contribution in [0.25, 0.3) is 0 Å². The lowest BCUT2D eigenvalue weighted by Gasteiger charge is -2.59. The largest absolute Gasteiger partial charge is 0.376 e. The van der Waals surface area contributed by atoms with Crippen molar-refractivity contribution in [2.24, 2.45) is 5.92 Å². The van der Waals surface area contributed by atoms with Crippen LogP contribution in [0.15, 0.2) is 24.5 Å².